The third-order valence-corrected chi connectivity index (χ3v) is 5.70. The number of hydrogen-bond acceptors (Lipinski definition) is 2. The molecule has 0 spiro atoms. The van der Waals surface area contributed by atoms with Crippen LogP contribution in [-0.4, -0.2) is 29.6 Å². The predicted octanol–water partition coefficient (Wildman–Crippen LogP) is 3.01. The van der Waals surface area contributed by atoms with Crippen molar-refractivity contribution in [1.29, 1.82) is 0 Å². The lowest BCUT2D eigenvalue weighted by atomic mass is 9.66. The molecule has 2 rings (SSSR count). The number of nitrogens with two attached hydrogens (primary N) is 1. The fourth-order valence-corrected chi connectivity index (χ4v) is 4.31. The zero-order valence-electron chi connectivity index (χ0n) is 11.9. The van der Waals surface area contributed by atoms with E-state index in [2.05, 4.69) is 25.7 Å². The fraction of sp³-hybridized carbons (Fsp3) is 1.00. The molecule has 4 unspecified atom stereocenters. The lowest BCUT2D eigenvalue weighted by Crippen LogP contribution is -2.64. The van der Waals surface area contributed by atoms with E-state index in [0.29, 0.717) is 5.54 Å². The van der Waals surface area contributed by atoms with E-state index in [1.807, 2.05) is 0 Å². The molecule has 17 heavy (non-hydrogen) atoms. The SMILES string of the molecule is CC1CCCC(CN)(N2CCCCC2C)C1C. The largest absolute Gasteiger partial charge is 0.329 e. The maximum absolute atomic E-state index is 6.24. The zero-order chi connectivity index (χ0) is 12.5. The van der Waals surface area contributed by atoms with Gasteiger partial charge in [-0.05, 0) is 44.6 Å². The van der Waals surface area contributed by atoms with Crippen LogP contribution in [0.3, 0.4) is 0 Å². The van der Waals surface area contributed by atoms with Gasteiger partial charge in [-0.1, -0.05) is 33.1 Å². The molecule has 2 fully saturated rings. The van der Waals surface area contributed by atoms with Crippen molar-refractivity contribution in [2.24, 2.45) is 17.6 Å². The van der Waals surface area contributed by atoms with E-state index in [4.69, 9.17) is 5.73 Å². The molecule has 100 valence electrons. The molecule has 2 heteroatoms. The Hall–Kier alpha value is -0.0800. The molecule has 1 saturated heterocycles. The van der Waals surface area contributed by atoms with Crippen LogP contribution in [0.5, 0.6) is 0 Å². The van der Waals surface area contributed by atoms with Gasteiger partial charge in [0.2, 0.25) is 0 Å². The standard InChI is InChI=1S/C15H30N2/c1-12-7-6-9-15(11-16,14(12)3)17-10-5-4-8-13(17)2/h12-14H,4-11,16H2,1-3H3. The molecule has 0 aromatic heterocycles. The van der Waals surface area contributed by atoms with E-state index in [1.54, 1.807) is 0 Å². The minimum absolute atomic E-state index is 0.303. The van der Waals surface area contributed by atoms with Crippen molar-refractivity contribution in [3.05, 3.63) is 0 Å². The van der Waals surface area contributed by atoms with Gasteiger partial charge < -0.3 is 5.73 Å². The van der Waals surface area contributed by atoms with E-state index in [-0.39, 0.29) is 0 Å². The Morgan fingerprint density at radius 1 is 1.12 bits per heavy atom. The highest BCUT2D eigenvalue weighted by molar-refractivity contribution is 5.02. The Balaban J connectivity index is 2.22. The van der Waals surface area contributed by atoms with Crippen molar-refractivity contribution in [2.45, 2.75) is 70.9 Å². The summed E-state index contributed by atoms with van der Waals surface area (Å²) >= 11 is 0. The van der Waals surface area contributed by atoms with Crippen LogP contribution in [0.1, 0.15) is 59.3 Å². The molecule has 0 aromatic carbocycles. The minimum atomic E-state index is 0.303. The van der Waals surface area contributed by atoms with Crippen molar-refractivity contribution in [3.63, 3.8) is 0 Å². The number of hydrogen-bond donors (Lipinski definition) is 1. The van der Waals surface area contributed by atoms with Crippen molar-refractivity contribution in [1.82, 2.24) is 4.90 Å². The van der Waals surface area contributed by atoms with E-state index in [0.717, 1.165) is 24.4 Å². The second-order valence-electron chi connectivity index (χ2n) is 6.50. The van der Waals surface area contributed by atoms with Gasteiger partial charge in [0.1, 0.15) is 0 Å². The molecule has 2 nitrogen and oxygen atoms in total. The smallest absolute Gasteiger partial charge is 0.0362 e. The average Bonchev–Trinajstić information content (AvgIpc) is 2.34. The van der Waals surface area contributed by atoms with E-state index in [9.17, 15) is 0 Å². The van der Waals surface area contributed by atoms with Crippen molar-refractivity contribution in [3.8, 4) is 0 Å². The van der Waals surface area contributed by atoms with Gasteiger partial charge in [-0.15, -0.1) is 0 Å². The summed E-state index contributed by atoms with van der Waals surface area (Å²) in [6, 6.07) is 0.736. The third kappa shape index (κ3) is 2.26. The highest BCUT2D eigenvalue weighted by Crippen LogP contribution is 2.43. The molecule has 2 N–H and O–H groups in total. The predicted molar refractivity (Wildman–Crippen MR) is 74.0 cm³/mol. The molecule has 1 saturated carbocycles. The molecule has 0 aromatic rings. The molecule has 1 heterocycles. The lowest BCUT2D eigenvalue weighted by Gasteiger charge is -2.55. The molecule has 0 amide bonds. The van der Waals surface area contributed by atoms with Gasteiger partial charge in [0, 0.05) is 18.1 Å². The first-order valence-corrected chi connectivity index (χ1v) is 7.58. The Morgan fingerprint density at radius 2 is 1.88 bits per heavy atom. The molecule has 0 radical (unpaired) electrons. The Labute approximate surface area is 107 Å². The van der Waals surface area contributed by atoms with Gasteiger partial charge in [0.25, 0.3) is 0 Å². The third-order valence-electron chi connectivity index (χ3n) is 5.70. The molecule has 0 bridgehead atoms. The Kier molecular flexibility index (Phi) is 4.14. The molecule has 1 aliphatic carbocycles. The van der Waals surface area contributed by atoms with Crippen LogP contribution in [0.4, 0.5) is 0 Å². The van der Waals surface area contributed by atoms with Crippen molar-refractivity contribution in [2.75, 3.05) is 13.1 Å². The van der Waals surface area contributed by atoms with Crippen LogP contribution >= 0.6 is 0 Å². The van der Waals surface area contributed by atoms with Gasteiger partial charge in [0.15, 0.2) is 0 Å². The van der Waals surface area contributed by atoms with Crippen LogP contribution < -0.4 is 5.73 Å². The first-order chi connectivity index (χ1) is 8.12. The fourth-order valence-electron chi connectivity index (χ4n) is 4.31. The van der Waals surface area contributed by atoms with Crippen molar-refractivity contribution >= 4 is 0 Å². The van der Waals surface area contributed by atoms with Crippen LogP contribution in [0.25, 0.3) is 0 Å². The highest BCUT2D eigenvalue weighted by Gasteiger charge is 2.46. The van der Waals surface area contributed by atoms with Gasteiger partial charge in [0.05, 0.1) is 0 Å². The summed E-state index contributed by atoms with van der Waals surface area (Å²) in [5, 5.41) is 0. The quantitative estimate of drug-likeness (QED) is 0.801. The molecular formula is C15H30N2. The van der Waals surface area contributed by atoms with Crippen LogP contribution in [0.15, 0.2) is 0 Å². The summed E-state index contributed by atoms with van der Waals surface area (Å²) < 4.78 is 0. The topological polar surface area (TPSA) is 29.3 Å². The van der Waals surface area contributed by atoms with Crippen LogP contribution in [-0.2, 0) is 0 Å². The molecule has 4 atom stereocenters. The summed E-state index contributed by atoms with van der Waals surface area (Å²) in [6.07, 6.45) is 8.22. The van der Waals surface area contributed by atoms with Gasteiger partial charge >= 0.3 is 0 Å². The second-order valence-corrected chi connectivity index (χ2v) is 6.50. The first-order valence-electron chi connectivity index (χ1n) is 7.58. The lowest BCUT2D eigenvalue weighted by molar-refractivity contribution is -0.0477. The second kappa shape index (κ2) is 5.27. The van der Waals surface area contributed by atoms with Gasteiger partial charge in [-0.3, -0.25) is 4.90 Å². The van der Waals surface area contributed by atoms with Crippen molar-refractivity contribution < 1.29 is 0 Å². The number of likely N-dealkylation sites (tertiary alicyclic amines) is 1. The average molecular weight is 238 g/mol. The molecule has 2 aliphatic rings. The Bertz CT molecular complexity index is 253. The monoisotopic (exact) mass is 238 g/mol. The highest BCUT2D eigenvalue weighted by atomic mass is 15.2. The van der Waals surface area contributed by atoms with E-state index >= 15 is 0 Å². The van der Waals surface area contributed by atoms with Crippen LogP contribution in [0, 0.1) is 11.8 Å². The van der Waals surface area contributed by atoms with Crippen LogP contribution in [0.2, 0.25) is 0 Å². The van der Waals surface area contributed by atoms with E-state index in [1.165, 1.54) is 45.1 Å². The summed E-state index contributed by atoms with van der Waals surface area (Å²) in [6.45, 7) is 9.39. The van der Waals surface area contributed by atoms with Gasteiger partial charge in [-0.2, -0.15) is 0 Å². The minimum Gasteiger partial charge on any atom is -0.329 e. The van der Waals surface area contributed by atoms with E-state index < -0.39 is 0 Å². The summed E-state index contributed by atoms with van der Waals surface area (Å²) in [4.78, 5) is 2.77. The normalized spacial score (nSPS) is 44.8. The molecule has 1 aliphatic heterocycles. The maximum Gasteiger partial charge on any atom is 0.0362 e. The maximum atomic E-state index is 6.24. The van der Waals surface area contributed by atoms with Gasteiger partial charge in [-0.25, -0.2) is 0 Å². The number of piperidine rings is 1. The number of nitrogens with zero attached hydrogens (tertiary/aromatic N) is 1. The zero-order valence-corrected chi connectivity index (χ0v) is 11.9. The summed E-state index contributed by atoms with van der Waals surface area (Å²) in [5.41, 5.74) is 6.55. The summed E-state index contributed by atoms with van der Waals surface area (Å²) in [5.74, 6) is 1.59. The Morgan fingerprint density at radius 3 is 2.53 bits per heavy atom. The molecular weight excluding hydrogens is 208 g/mol. The summed E-state index contributed by atoms with van der Waals surface area (Å²) in [7, 11) is 0. The first kappa shape index (κ1) is 13.4. The number of rotatable bonds is 2.